The van der Waals surface area contributed by atoms with Gasteiger partial charge in [0.1, 0.15) is 11.1 Å². The number of hydrogen-bond donors (Lipinski definition) is 3. The van der Waals surface area contributed by atoms with Crippen LogP contribution in [-0.4, -0.2) is 14.3 Å². The number of anilines is 1. The molecule has 0 aromatic heterocycles. The summed E-state index contributed by atoms with van der Waals surface area (Å²) in [6, 6.07) is 23.2. The Kier molecular flexibility index (Phi) is 5.08. The molecular weight excluding hydrogens is 386 g/mol. The van der Waals surface area contributed by atoms with E-state index < -0.39 is 16.2 Å². The molecule has 0 bridgehead atoms. The van der Waals surface area contributed by atoms with Crippen LogP contribution in [0.25, 0.3) is 0 Å². The van der Waals surface area contributed by atoms with Crippen molar-refractivity contribution in [1.29, 1.82) is 0 Å². The van der Waals surface area contributed by atoms with Crippen molar-refractivity contribution in [1.82, 2.24) is 10.0 Å². The van der Waals surface area contributed by atoms with Gasteiger partial charge in [-0.05, 0) is 42.3 Å². The van der Waals surface area contributed by atoms with Gasteiger partial charge < -0.3 is 10.6 Å². The molecule has 0 aliphatic carbocycles. The highest BCUT2D eigenvalue weighted by molar-refractivity contribution is 7.89. The largest absolute Gasteiger partial charge is 0.364 e. The summed E-state index contributed by atoms with van der Waals surface area (Å²) < 4.78 is 27.6. The van der Waals surface area contributed by atoms with Crippen molar-refractivity contribution < 1.29 is 13.2 Å². The minimum Gasteiger partial charge on any atom is -0.364 e. The minimum atomic E-state index is -3.60. The second-order valence-corrected chi connectivity index (χ2v) is 8.61. The molecule has 29 heavy (non-hydrogen) atoms. The van der Waals surface area contributed by atoms with Gasteiger partial charge in [0.2, 0.25) is 10.0 Å². The fourth-order valence-corrected chi connectivity index (χ4v) is 4.61. The number of hydrogen-bond acceptors (Lipinski definition) is 4. The molecule has 6 nitrogen and oxygen atoms in total. The maximum Gasteiger partial charge on any atom is 0.251 e. The lowest BCUT2D eigenvalue weighted by molar-refractivity contribution is 0.0940. The zero-order valence-electron chi connectivity index (χ0n) is 15.8. The van der Waals surface area contributed by atoms with E-state index in [0.717, 1.165) is 11.1 Å². The van der Waals surface area contributed by atoms with Crippen molar-refractivity contribution in [2.45, 2.75) is 24.0 Å². The summed E-state index contributed by atoms with van der Waals surface area (Å²) in [5, 5.41) is 6.15. The van der Waals surface area contributed by atoms with Crippen LogP contribution in [0.5, 0.6) is 0 Å². The van der Waals surface area contributed by atoms with Crippen LogP contribution in [0, 0.1) is 0 Å². The van der Waals surface area contributed by atoms with Crippen LogP contribution in [0.1, 0.15) is 40.6 Å². The Morgan fingerprint density at radius 1 is 0.931 bits per heavy atom. The molecule has 3 N–H and O–H groups in total. The summed E-state index contributed by atoms with van der Waals surface area (Å²) in [7, 11) is -3.60. The second-order valence-electron chi connectivity index (χ2n) is 6.92. The van der Waals surface area contributed by atoms with Crippen LogP contribution >= 0.6 is 0 Å². The van der Waals surface area contributed by atoms with E-state index >= 15 is 0 Å². The van der Waals surface area contributed by atoms with E-state index in [0.29, 0.717) is 11.3 Å². The van der Waals surface area contributed by atoms with E-state index in [4.69, 9.17) is 0 Å². The molecule has 0 spiro atoms. The molecule has 0 fully saturated rings. The first-order valence-electron chi connectivity index (χ1n) is 9.28. The lowest BCUT2D eigenvalue weighted by atomic mass is 10.1. The molecule has 0 unspecified atom stereocenters. The van der Waals surface area contributed by atoms with Gasteiger partial charge >= 0.3 is 0 Å². The van der Waals surface area contributed by atoms with Gasteiger partial charge in [-0.15, -0.1) is 0 Å². The fourth-order valence-electron chi connectivity index (χ4n) is 3.31. The molecule has 1 amide bonds. The van der Waals surface area contributed by atoms with Crippen molar-refractivity contribution in [2.24, 2.45) is 0 Å². The van der Waals surface area contributed by atoms with E-state index in [9.17, 15) is 13.2 Å². The smallest absolute Gasteiger partial charge is 0.251 e. The number of rotatable bonds is 4. The average Bonchev–Trinajstić information content (AvgIpc) is 2.74. The number of nitrogens with one attached hydrogen (secondary N) is 3. The minimum absolute atomic E-state index is 0.119. The highest BCUT2D eigenvalue weighted by Gasteiger charge is 2.29. The maximum atomic E-state index is 12.5. The molecule has 148 valence electrons. The Morgan fingerprint density at radius 2 is 1.59 bits per heavy atom. The quantitative estimate of drug-likeness (QED) is 0.617. The van der Waals surface area contributed by atoms with Crippen LogP contribution in [0.2, 0.25) is 0 Å². The summed E-state index contributed by atoms with van der Waals surface area (Å²) in [6.07, 6.45) is -0.602. The molecule has 1 heterocycles. The summed E-state index contributed by atoms with van der Waals surface area (Å²) in [4.78, 5) is 12.8. The SMILES string of the molecule is C[C@@H](NC(=O)c1ccc([C@@H]2Nc3ccccc3S(=O)(=O)N2)cc1)c1ccccc1. The van der Waals surface area contributed by atoms with Gasteiger partial charge in [-0.3, -0.25) is 4.79 Å². The third-order valence-electron chi connectivity index (χ3n) is 4.90. The Hall–Kier alpha value is -3.16. The van der Waals surface area contributed by atoms with Crippen molar-refractivity contribution in [2.75, 3.05) is 5.32 Å². The standard InChI is InChI=1S/C22H21N3O3S/c1-15(16-7-3-2-4-8-16)23-22(26)18-13-11-17(12-14-18)21-24-19-9-5-6-10-20(19)29(27,28)25-21/h2-15,21,24-25H,1H3,(H,23,26)/t15-,21-/m1/s1. The van der Waals surface area contributed by atoms with E-state index in [1.807, 2.05) is 37.3 Å². The predicted molar refractivity (Wildman–Crippen MR) is 112 cm³/mol. The van der Waals surface area contributed by atoms with Gasteiger partial charge in [0.15, 0.2) is 0 Å². The van der Waals surface area contributed by atoms with Crippen LogP contribution in [0.3, 0.4) is 0 Å². The van der Waals surface area contributed by atoms with Crippen LogP contribution in [-0.2, 0) is 10.0 Å². The summed E-state index contributed by atoms with van der Waals surface area (Å²) in [6.45, 7) is 1.93. The van der Waals surface area contributed by atoms with Crippen molar-refractivity contribution in [3.63, 3.8) is 0 Å². The van der Waals surface area contributed by atoms with Crippen LogP contribution in [0.15, 0.2) is 83.8 Å². The van der Waals surface area contributed by atoms with E-state index in [1.165, 1.54) is 0 Å². The first kappa shape index (κ1) is 19.2. The first-order valence-corrected chi connectivity index (χ1v) is 10.8. The van der Waals surface area contributed by atoms with Gasteiger partial charge in [0.05, 0.1) is 11.7 Å². The zero-order valence-corrected chi connectivity index (χ0v) is 16.6. The van der Waals surface area contributed by atoms with E-state index in [-0.39, 0.29) is 16.8 Å². The Morgan fingerprint density at radius 3 is 2.31 bits per heavy atom. The highest BCUT2D eigenvalue weighted by atomic mass is 32.2. The molecule has 7 heteroatoms. The number of carbonyl (C=O) groups excluding carboxylic acids is 1. The van der Waals surface area contributed by atoms with Gasteiger partial charge in [-0.2, -0.15) is 4.72 Å². The molecule has 0 radical (unpaired) electrons. The van der Waals surface area contributed by atoms with E-state index in [2.05, 4.69) is 15.4 Å². The molecule has 4 rings (SSSR count). The molecule has 3 aromatic carbocycles. The predicted octanol–water partition coefficient (Wildman–Crippen LogP) is 3.58. The third kappa shape index (κ3) is 4.01. The number of amides is 1. The first-order chi connectivity index (χ1) is 13.9. The van der Waals surface area contributed by atoms with Crippen molar-refractivity contribution in [3.05, 3.63) is 95.6 Å². The van der Waals surface area contributed by atoms with Gasteiger partial charge in [-0.1, -0.05) is 54.6 Å². The van der Waals surface area contributed by atoms with Gasteiger partial charge in [0.25, 0.3) is 5.91 Å². The van der Waals surface area contributed by atoms with Gasteiger partial charge in [-0.25, -0.2) is 8.42 Å². The van der Waals surface area contributed by atoms with Crippen LogP contribution in [0.4, 0.5) is 5.69 Å². The fraction of sp³-hybridized carbons (Fsp3) is 0.136. The Balaban J connectivity index is 1.49. The summed E-state index contributed by atoms with van der Waals surface area (Å²) >= 11 is 0. The lowest BCUT2D eigenvalue weighted by Gasteiger charge is -2.28. The van der Waals surface area contributed by atoms with Crippen molar-refractivity contribution >= 4 is 21.6 Å². The third-order valence-corrected chi connectivity index (χ3v) is 6.38. The lowest BCUT2D eigenvalue weighted by Crippen LogP contribution is -2.38. The van der Waals surface area contributed by atoms with Crippen LogP contribution < -0.4 is 15.4 Å². The Labute approximate surface area is 170 Å². The normalized spacial score (nSPS) is 18.2. The molecule has 2 atom stereocenters. The Bertz CT molecular complexity index is 1130. The number of fused-ring (bicyclic) bond motifs is 1. The zero-order chi connectivity index (χ0) is 20.4. The summed E-state index contributed by atoms with van der Waals surface area (Å²) in [5.74, 6) is -0.185. The average molecular weight is 407 g/mol. The molecule has 1 aliphatic rings. The second kappa shape index (κ2) is 7.69. The topological polar surface area (TPSA) is 87.3 Å². The number of sulfonamides is 1. The summed E-state index contributed by atoms with van der Waals surface area (Å²) in [5.41, 5.74) is 2.80. The number of carbonyl (C=O) groups is 1. The number of para-hydroxylation sites is 1. The monoisotopic (exact) mass is 407 g/mol. The van der Waals surface area contributed by atoms with E-state index in [1.54, 1.807) is 48.5 Å². The maximum absolute atomic E-state index is 12.5. The highest BCUT2D eigenvalue weighted by Crippen LogP contribution is 2.30. The van der Waals surface area contributed by atoms with Gasteiger partial charge in [0, 0.05) is 5.56 Å². The van der Waals surface area contributed by atoms with Crippen molar-refractivity contribution in [3.8, 4) is 0 Å². The molecular formula is C22H21N3O3S. The molecule has 0 saturated heterocycles. The molecule has 3 aromatic rings. The number of benzene rings is 3. The molecule has 1 aliphatic heterocycles. The molecule has 0 saturated carbocycles.